The minimum absolute atomic E-state index is 0. The molecule has 0 aliphatic heterocycles. The van der Waals surface area contributed by atoms with Gasteiger partial charge in [0.05, 0.1) is 18.6 Å². The summed E-state index contributed by atoms with van der Waals surface area (Å²) < 4.78 is 13.9. The predicted molar refractivity (Wildman–Crippen MR) is 176 cm³/mol. The predicted octanol–water partition coefficient (Wildman–Crippen LogP) is 6.08. The summed E-state index contributed by atoms with van der Waals surface area (Å²) in [5.41, 5.74) is 5.41. The number of thiazole rings is 1. The van der Waals surface area contributed by atoms with Crippen LogP contribution in [0.25, 0.3) is 0 Å². The van der Waals surface area contributed by atoms with Crippen molar-refractivity contribution in [2.24, 2.45) is 0 Å². The van der Waals surface area contributed by atoms with E-state index in [2.05, 4.69) is 54.4 Å². The van der Waals surface area contributed by atoms with Crippen LogP contribution >= 0.6 is 11.3 Å². The molecule has 1 aromatic heterocycles. The molecule has 2 aromatic carbocycles. The largest absolute Gasteiger partial charge is 1.00 e. The second kappa shape index (κ2) is 21.3. The number of halogens is 1. The highest BCUT2D eigenvalue weighted by molar-refractivity contribution is 7.09. The van der Waals surface area contributed by atoms with Gasteiger partial charge in [0.15, 0.2) is 24.2 Å². The van der Waals surface area contributed by atoms with Gasteiger partial charge in [0.2, 0.25) is 11.4 Å². The fourth-order valence-corrected chi connectivity index (χ4v) is 5.98. The number of ether oxygens (including phenoxy) is 2. The Kier molecular flexibility index (Phi) is 18.3. The topological polar surface area (TPSA) is 42.7 Å². The van der Waals surface area contributed by atoms with Gasteiger partial charge in [-0.05, 0) is 49.6 Å². The van der Waals surface area contributed by atoms with Crippen LogP contribution in [-0.4, -0.2) is 26.2 Å². The molecular formula is C36H53BrN2O3S. The van der Waals surface area contributed by atoms with Gasteiger partial charge in [-0.2, -0.15) is 4.57 Å². The third-order valence-electron chi connectivity index (χ3n) is 7.82. The van der Waals surface area contributed by atoms with Crippen LogP contribution in [0.5, 0.6) is 11.5 Å². The van der Waals surface area contributed by atoms with Gasteiger partial charge in [0.1, 0.15) is 0 Å². The molecule has 5 nitrogen and oxygen atoms in total. The van der Waals surface area contributed by atoms with E-state index in [1.54, 1.807) is 25.4 Å². The van der Waals surface area contributed by atoms with E-state index in [1.165, 1.54) is 81.1 Å². The average molecular weight is 674 g/mol. The molecule has 0 bridgehead atoms. The summed E-state index contributed by atoms with van der Waals surface area (Å²) in [7, 11) is 1.69. The summed E-state index contributed by atoms with van der Waals surface area (Å²) in [6.45, 7) is 8.17. The molecule has 0 N–H and O–H groups in total. The van der Waals surface area contributed by atoms with Gasteiger partial charge in [-0.25, -0.2) is 0 Å². The molecule has 0 atom stereocenters. The average Bonchev–Trinajstić information content (AvgIpc) is 3.40. The zero-order valence-corrected chi connectivity index (χ0v) is 29.3. The van der Waals surface area contributed by atoms with Crippen molar-refractivity contribution in [2.45, 2.75) is 111 Å². The van der Waals surface area contributed by atoms with Gasteiger partial charge in [0.25, 0.3) is 0 Å². The summed E-state index contributed by atoms with van der Waals surface area (Å²) in [4.78, 5) is 15.7. The molecule has 7 heteroatoms. The minimum Gasteiger partial charge on any atom is -1.00 e. The van der Waals surface area contributed by atoms with Crippen molar-refractivity contribution >= 4 is 22.9 Å². The smallest absolute Gasteiger partial charge is 0.225 e. The Bertz CT molecular complexity index is 1180. The first-order valence-corrected chi connectivity index (χ1v) is 17.0. The normalized spacial score (nSPS) is 10.8. The van der Waals surface area contributed by atoms with Crippen LogP contribution < -0.4 is 35.9 Å². The van der Waals surface area contributed by atoms with Crippen molar-refractivity contribution in [3.05, 3.63) is 70.2 Å². The Hall–Kier alpha value is -2.38. The van der Waals surface area contributed by atoms with E-state index in [0.29, 0.717) is 13.2 Å². The van der Waals surface area contributed by atoms with Crippen molar-refractivity contribution in [1.82, 2.24) is 0 Å². The quantitative estimate of drug-likeness (QED) is 0.102. The fraction of sp³-hybridized carbons (Fsp3) is 0.556. The lowest BCUT2D eigenvalue weighted by Crippen LogP contribution is -3.00. The Labute approximate surface area is 275 Å². The first-order valence-electron chi connectivity index (χ1n) is 16.1. The molecule has 0 aliphatic carbocycles. The van der Waals surface area contributed by atoms with E-state index < -0.39 is 0 Å². The van der Waals surface area contributed by atoms with Crippen LogP contribution in [0.1, 0.15) is 107 Å². The highest BCUT2D eigenvalue weighted by Gasteiger charge is 2.14. The molecular weight excluding hydrogens is 620 g/mol. The Morgan fingerprint density at radius 2 is 1.44 bits per heavy atom. The number of hydrogen-bond donors (Lipinski definition) is 0. The number of unbranched alkanes of at least 4 members (excludes halogenated alkanes) is 11. The number of carbonyl (C=O) groups excluding carboxylic acids is 1. The number of benzene rings is 2. The molecule has 0 saturated carbocycles. The van der Waals surface area contributed by atoms with Gasteiger partial charge < -0.3 is 31.4 Å². The molecule has 0 radical (unpaired) electrons. The number of aryl methyl sites for hydroxylation is 1. The highest BCUT2D eigenvalue weighted by Crippen LogP contribution is 2.29. The van der Waals surface area contributed by atoms with Gasteiger partial charge in [-0.15, -0.1) is 0 Å². The number of carbonyl (C=O) groups is 1. The molecule has 0 unspecified atom stereocenters. The second-order valence-electron chi connectivity index (χ2n) is 11.4. The molecule has 0 aliphatic rings. The van der Waals surface area contributed by atoms with Crippen LogP contribution in [0.15, 0.2) is 54.2 Å². The number of hydrogen-bond acceptors (Lipinski definition) is 4. The lowest BCUT2D eigenvalue weighted by atomic mass is 10.1. The Morgan fingerprint density at radius 3 is 2.00 bits per heavy atom. The molecule has 0 saturated heterocycles. The zero-order valence-electron chi connectivity index (χ0n) is 26.9. The lowest BCUT2D eigenvalue weighted by Gasteiger charge is -2.22. The first-order chi connectivity index (χ1) is 20.5. The molecule has 1 heterocycles. The molecule has 3 rings (SSSR count). The summed E-state index contributed by atoms with van der Waals surface area (Å²) in [5, 5.41) is 0. The number of methoxy groups -OCH3 is 1. The number of anilines is 1. The highest BCUT2D eigenvalue weighted by atomic mass is 79.9. The van der Waals surface area contributed by atoms with Gasteiger partial charge in [-0.1, -0.05) is 107 Å². The van der Waals surface area contributed by atoms with Crippen molar-refractivity contribution in [2.75, 3.05) is 25.2 Å². The third kappa shape index (κ3) is 13.9. The molecule has 238 valence electrons. The fourth-order valence-electron chi connectivity index (χ4n) is 5.34. The third-order valence-corrected chi connectivity index (χ3v) is 8.68. The first kappa shape index (κ1) is 36.8. The van der Waals surface area contributed by atoms with Crippen LogP contribution in [0.4, 0.5) is 5.69 Å². The molecule has 3 aromatic rings. The zero-order chi connectivity index (χ0) is 30.0. The molecule has 0 fully saturated rings. The van der Waals surface area contributed by atoms with E-state index in [1.807, 2.05) is 23.1 Å². The lowest BCUT2D eigenvalue weighted by molar-refractivity contribution is -0.683. The molecule has 43 heavy (non-hydrogen) atoms. The van der Waals surface area contributed by atoms with E-state index in [0.717, 1.165) is 42.1 Å². The summed E-state index contributed by atoms with van der Waals surface area (Å²) in [5.74, 6) is 1.59. The Balaban J connectivity index is 0.00000645. The van der Waals surface area contributed by atoms with Crippen LogP contribution in [0.2, 0.25) is 0 Å². The van der Waals surface area contributed by atoms with Gasteiger partial charge >= 0.3 is 0 Å². The standard InChI is InChI=1S/C36H53N2O3S.BrH/c1-5-6-7-8-9-10-11-12-13-14-15-16-25-41-36-26-32(19-22-35(36)40-4)23-24-38(31(3)39)34-20-17-33(18-21-34)28-37-27-30(2)42-29-37;/h17-22,26-27,29H,5-16,23-25,28H2,1-4H3;1H/q+1;/p-1. The molecule has 0 spiro atoms. The summed E-state index contributed by atoms with van der Waals surface area (Å²) in [6.07, 6.45) is 18.9. The van der Waals surface area contributed by atoms with Crippen LogP contribution in [0, 0.1) is 6.92 Å². The Morgan fingerprint density at radius 1 is 0.837 bits per heavy atom. The number of nitrogens with zero attached hydrogens (tertiary/aromatic N) is 2. The van der Waals surface area contributed by atoms with Crippen molar-refractivity contribution in [3.63, 3.8) is 0 Å². The van der Waals surface area contributed by atoms with Crippen LogP contribution in [-0.2, 0) is 17.8 Å². The van der Waals surface area contributed by atoms with Crippen molar-refractivity contribution < 1.29 is 35.8 Å². The van der Waals surface area contributed by atoms with Crippen molar-refractivity contribution in [1.29, 1.82) is 0 Å². The van der Waals surface area contributed by atoms with Crippen molar-refractivity contribution in [3.8, 4) is 11.5 Å². The number of rotatable bonds is 21. The monoisotopic (exact) mass is 672 g/mol. The van der Waals surface area contributed by atoms with Gasteiger partial charge in [0, 0.05) is 24.7 Å². The maximum Gasteiger partial charge on any atom is 0.225 e. The SMILES string of the molecule is CCCCCCCCCCCCCCOc1cc(CCN(C(C)=O)c2ccc(C[n+]3csc(C)c3)cc2)ccc1OC.[Br-]. The number of amides is 1. The summed E-state index contributed by atoms with van der Waals surface area (Å²) in [6, 6.07) is 14.4. The summed E-state index contributed by atoms with van der Waals surface area (Å²) >= 11 is 1.75. The maximum absolute atomic E-state index is 12.5. The maximum atomic E-state index is 12.5. The van der Waals surface area contributed by atoms with Gasteiger partial charge in [-0.3, -0.25) is 4.79 Å². The van der Waals surface area contributed by atoms with E-state index in [4.69, 9.17) is 9.47 Å². The van der Waals surface area contributed by atoms with Crippen LogP contribution in [0.3, 0.4) is 0 Å². The number of aromatic nitrogens is 1. The van der Waals surface area contributed by atoms with E-state index >= 15 is 0 Å². The second-order valence-corrected chi connectivity index (χ2v) is 12.5. The van der Waals surface area contributed by atoms with E-state index in [9.17, 15) is 4.79 Å². The van der Waals surface area contributed by atoms with E-state index in [-0.39, 0.29) is 22.9 Å². The minimum atomic E-state index is 0. The molecule has 1 amide bonds.